The molecule has 1 aromatic heterocycles. The first-order valence-corrected chi connectivity index (χ1v) is 7.08. The third-order valence-corrected chi connectivity index (χ3v) is 3.97. The molecule has 18 heavy (non-hydrogen) atoms. The Balaban J connectivity index is 1.80. The molecule has 0 radical (unpaired) electrons. The van der Waals surface area contributed by atoms with Crippen LogP contribution in [-0.4, -0.2) is 45.4 Å². The number of carbonyl (C=O) groups excluding carboxylic acids is 1. The van der Waals surface area contributed by atoms with E-state index in [-0.39, 0.29) is 12.1 Å². The van der Waals surface area contributed by atoms with Crippen LogP contribution in [0.15, 0.2) is 5.51 Å². The molecule has 1 atom stereocenters. The molecule has 1 saturated heterocycles. The monoisotopic (exact) mass is 270 g/mol. The number of nitrogens with zero attached hydrogens (tertiary/aromatic N) is 3. The fraction of sp³-hybridized carbons (Fsp3) is 0.727. The largest absolute Gasteiger partial charge is 0.393 e. The fourth-order valence-corrected chi connectivity index (χ4v) is 2.65. The van der Waals surface area contributed by atoms with Gasteiger partial charge in [0.05, 0.1) is 6.10 Å². The van der Waals surface area contributed by atoms with Crippen molar-refractivity contribution < 1.29 is 9.90 Å². The Morgan fingerprint density at radius 2 is 2.39 bits per heavy atom. The second-order valence-electron chi connectivity index (χ2n) is 4.47. The number of carbonyl (C=O) groups is 1. The maximum atomic E-state index is 11.9. The lowest BCUT2D eigenvalue weighted by Crippen LogP contribution is -2.43. The summed E-state index contributed by atoms with van der Waals surface area (Å²) in [6, 6.07) is -0.129. The predicted molar refractivity (Wildman–Crippen MR) is 69.5 cm³/mol. The molecular formula is C11H18N4O2S. The lowest BCUT2D eigenvalue weighted by atomic mass is 9.90. The summed E-state index contributed by atoms with van der Waals surface area (Å²) >= 11 is 1.30. The van der Waals surface area contributed by atoms with Crippen LogP contribution in [0.1, 0.15) is 26.2 Å². The molecule has 0 bridgehead atoms. The number of hydrogen-bond acceptors (Lipinski definition) is 5. The third kappa shape index (κ3) is 3.17. The van der Waals surface area contributed by atoms with Crippen molar-refractivity contribution in [2.75, 3.05) is 18.4 Å². The molecule has 0 spiro atoms. The van der Waals surface area contributed by atoms with E-state index in [2.05, 4.69) is 15.5 Å². The lowest BCUT2D eigenvalue weighted by molar-refractivity contribution is 0.0660. The van der Waals surface area contributed by atoms with Gasteiger partial charge in [-0.05, 0) is 25.2 Å². The van der Waals surface area contributed by atoms with Crippen LogP contribution < -0.4 is 5.32 Å². The number of anilines is 1. The highest BCUT2D eigenvalue weighted by molar-refractivity contribution is 7.13. The van der Waals surface area contributed by atoms with Crippen LogP contribution in [0.4, 0.5) is 9.93 Å². The summed E-state index contributed by atoms with van der Waals surface area (Å²) in [7, 11) is 0. The quantitative estimate of drug-likeness (QED) is 0.873. The fourth-order valence-electron chi connectivity index (χ4n) is 2.22. The maximum absolute atomic E-state index is 11.9. The standard InChI is InChI=1S/C11H18N4O2S/c1-2-9(16)8-3-5-15(6-4-8)11(17)13-10-14-12-7-18-10/h7-9,16H,2-6H2,1H3,(H,13,14,17). The van der Waals surface area contributed by atoms with Crippen LogP contribution in [-0.2, 0) is 0 Å². The number of nitrogens with one attached hydrogen (secondary N) is 1. The number of likely N-dealkylation sites (tertiary alicyclic amines) is 1. The van der Waals surface area contributed by atoms with Gasteiger partial charge >= 0.3 is 6.03 Å². The van der Waals surface area contributed by atoms with E-state index in [4.69, 9.17) is 0 Å². The number of urea groups is 1. The zero-order valence-electron chi connectivity index (χ0n) is 10.4. The minimum Gasteiger partial charge on any atom is -0.393 e. The summed E-state index contributed by atoms with van der Waals surface area (Å²) < 4.78 is 0. The van der Waals surface area contributed by atoms with E-state index >= 15 is 0 Å². The highest BCUT2D eigenvalue weighted by atomic mass is 32.1. The predicted octanol–water partition coefficient (Wildman–Crippen LogP) is 1.55. The summed E-state index contributed by atoms with van der Waals surface area (Å²) in [5.41, 5.74) is 1.58. The molecule has 2 amide bonds. The van der Waals surface area contributed by atoms with Crippen molar-refractivity contribution in [2.24, 2.45) is 5.92 Å². The highest BCUT2D eigenvalue weighted by Gasteiger charge is 2.26. The minimum absolute atomic E-state index is 0.129. The maximum Gasteiger partial charge on any atom is 0.323 e. The second-order valence-corrected chi connectivity index (χ2v) is 5.31. The van der Waals surface area contributed by atoms with E-state index in [0.717, 1.165) is 19.3 Å². The first kappa shape index (κ1) is 13.2. The van der Waals surface area contributed by atoms with Crippen LogP contribution >= 0.6 is 11.3 Å². The Morgan fingerprint density at radius 3 is 2.94 bits per heavy atom. The van der Waals surface area contributed by atoms with Gasteiger partial charge in [-0.2, -0.15) is 0 Å². The van der Waals surface area contributed by atoms with Gasteiger partial charge in [0.2, 0.25) is 5.13 Å². The Labute approximate surface area is 110 Å². The molecule has 0 saturated carbocycles. The van der Waals surface area contributed by atoms with Crippen molar-refractivity contribution in [1.82, 2.24) is 15.1 Å². The summed E-state index contributed by atoms with van der Waals surface area (Å²) in [6.07, 6.45) is 2.26. The molecular weight excluding hydrogens is 252 g/mol. The Kier molecular flexibility index (Phi) is 4.48. The average Bonchev–Trinajstić information content (AvgIpc) is 2.91. The number of aliphatic hydroxyl groups is 1. The van der Waals surface area contributed by atoms with Gasteiger partial charge in [0.25, 0.3) is 0 Å². The molecule has 1 fully saturated rings. The van der Waals surface area contributed by atoms with Crippen molar-refractivity contribution in [3.8, 4) is 0 Å². The number of hydrogen-bond donors (Lipinski definition) is 2. The molecule has 7 heteroatoms. The first-order chi connectivity index (χ1) is 8.70. The Morgan fingerprint density at radius 1 is 1.67 bits per heavy atom. The molecule has 2 N–H and O–H groups in total. The van der Waals surface area contributed by atoms with Crippen LogP contribution in [0.25, 0.3) is 0 Å². The van der Waals surface area contributed by atoms with Gasteiger partial charge in [-0.1, -0.05) is 18.3 Å². The van der Waals surface area contributed by atoms with E-state index in [0.29, 0.717) is 24.1 Å². The average molecular weight is 270 g/mol. The zero-order chi connectivity index (χ0) is 13.0. The first-order valence-electron chi connectivity index (χ1n) is 6.21. The number of aliphatic hydroxyl groups excluding tert-OH is 1. The van der Waals surface area contributed by atoms with Gasteiger partial charge in [0.1, 0.15) is 5.51 Å². The number of aromatic nitrogens is 2. The Hall–Kier alpha value is -1.21. The summed E-state index contributed by atoms with van der Waals surface area (Å²) in [5, 5.41) is 20.5. The van der Waals surface area contributed by atoms with Crippen LogP contribution in [0.5, 0.6) is 0 Å². The summed E-state index contributed by atoms with van der Waals surface area (Å²) in [6.45, 7) is 3.36. The molecule has 1 aliphatic heterocycles. The minimum atomic E-state index is -0.238. The normalized spacial score (nSPS) is 18.7. The van der Waals surface area contributed by atoms with Crippen LogP contribution in [0.2, 0.25) is 0 Å². The van der Waals surface area contributed by atoms with Gasteiger partial charge < -0.3 is 10.0 Å². The topological polar surface area (TPSA) is 78.4 Å². The van der Waals surface area contributed by atoms with Gasteiger partial charge in [-0.3, -0.25) is 5.32 Å². The molecule has 1 aliphatic rings. The van der Waals surface area contributed by atoms with Crippen molar-refractivity contribution in [3.63, 3.8) is 0 Å². The van der Waals surface area contributed by atoms with Crippen molar-refractivity contribution in [2.45, 2.75) is 32.3 Å². The SMILES string of the molecule is CCC(O)C1CCN(C(=O)Nc2nncs2)CC1. The highest BCUT2D eigenvalue weighted by Crippen LogP contribution is 2.22. The molecule has 2 rings (SSSR count). The molecule has 2 heterocycles. The molecule has 0 aromatic carbocycles. The molecule has 100 valence electrons. The molecule has 1 aromatic rings. The second kappa shape index (κ2) is 6.10. The van der Waals surface area contributed by atoms with Gasteiger partial charge in [-0.25, -0.2) is 4.79 Å². The van der Waals surface area contributed by atoms with Crippen molar-refractivity contribution >= 4 is 22.5 Å². The molecule has 0 aliphatic carbocycles. The lowest BCUT2D eigenvalue weighted by Gasteiger charge is -2.33. The summed E-state index contributed by atoms with van der Waals surface area (Å²) in [4.78, 5) is 13.7. The Bertz CT molecular complexity index is 376. The van der Waals surface area contributed by atoms with E-state index in [1.54, 1.807) is 10.4 Å². The molecule has 1 unspecified atom stereocenters. The van der Waals surface area contributed by atoms with Crippen molar-refractivity contribution in [1.29, 1.82) is 0 Å². The molecule has 6 nitrogen and oxygen atoms in total. The smallest absolute Gasteiger partial charge is 0.323 e. The van der Waals surface area contributed by atoms with E-state index in [1.807, 2.05) is 6.92 Å². The third-order valence-electron chi connectivity index (χ3n) is 3.36. The van der Waals surface area contributed by atoms with Crippen molar-refractivity contribution in [3.05, 3.63) is 5.51 Å². The van der Waals surface area contributed by atoms with Crippen LogP contribution in [0.3, 0.4) is 0 Å². The number of rotatable bonds is 3. The van der Waals surface area contributed by atoms with Crippen LogP contribution in [0, 0.1) is 5.92 Å². The zero-order valence-corrected chi connectivity index (χ0v) is 11.2. The number of piperidine rings is 1. The van der Waals surface area contributed by atoms with Gasteiger partial charge in [0, 0.05) is 13.1 Å². The van der Waals surface area contributed by atoms with Gasteiger partial charge in [0.15, 0.2) is 0 Å². The van der Waals surface area contributed by atoms with E-state index < -0.39 is 0 Å². The van der Waals surface area contributed by atoms with Gasteiger partial charge in [-0.15, -0.1) is 10.2 Å². The van der Waals surface area contributed by atoms with E-state index in [1.165, 1.54) is 11.3 Å². The summed E-state index contributed by atoms with van der Waals surface area (Å²) in [5.74, 6) is 0.320. The number of amides is 2. The van der Waals surface area contributed by atoms with E-state index in [9.17, 15) is 9.90 Å².